The van der Waals surface area contributed by atoms with Crippen molar-refractivity contribution in [1.82, 2.24) is 15.2 Å². The van der Waals surface area contributed by atoms with Crippen LogP contribution in [0.1, 0.15) is 51.5 Å². The van der Waals surface area contributed by atoms with Crippen LogP contribution in [-0.2, 0) is 6.54 Å². The first-order chi connectivity index (χ1) is 11.6. The van der Waals surface area contributed by atoms with Crippen LogP contribution in [0.3, 0.4) is 0 Å². The molecular formula is C19H30N4O. The SMILES string of the molecule is CN=C(NCc1ccc(OC(C)C)nc1)N1CCC2(CCCC2)C1. The average Bonchev–Trinajstić information content (AvgIpc) is 3.20. The van der Waals surface area contributed by atoms with Crippen molar-refractivity contribution in [2.45, 2.75) is 58.6 Å². The van der Waals surface area contributed by atoms with E-state index >= 15 is 0 Å². The lowest BCUT2D eigenvalue weighted by Gasteiger charge is -2.26. The fraction of sp³-hybridized carbons (Fsp3) is 0.684. The third kappa shape index (κ3) is 4.00. The van der Waals surface area contributed by atoms with Gasteiger partial charge in [-0.2, -0.15) is 0 Å². The molecule has 2 fully saturated rings. The minimum atomic E-state index is 0.151. The third-order valence-electron chi connectivity index (χ3n) is 5.22. The highest BCUT2D eigenvalue weighted by atomic mass is 16.5. The number of aromatic nitrogens is 1. The third-order valence-corrected chi connectivity index (χ3v) is 5.22. The van der Waals surface area contributed by atoms with Gasteiger partial charge in [0.15, 0.2) is 5.96 Å². The number of hydrogen-bond donors (Lipinski definition) is 1. The maximum atomic E-state index is 5.59. The number of likely N-dealkylation sites (tertiary alicyclic amines) is 1. The molecule has 0 unspecified atom stereocenters. The zero-order valence-corrected chi connectivity index (χ0v) is 15.2. The van der Waals surface area contributed by atoms with Crippen molar-refractivity contribution in [3.05, 3.63) is 23.9 Å². The minimum absolute atomic E-state index is 0.151. The van der Waals surface area contributed by atoms with Crippen molar-refractivity contribution in [1.29, 1.82) is 0 Å². The molecule has 1 spiro atoms. The minimum Gasteiger partial charge on any atom is -0.475 e. The fourth-order valence-electron chi connectivity index (χ4n) is 3.99. The molecule has 1 aromatic heterocycles. The van der Waals surface area contributed by atoms with Gasteiger partial charge in [-0.25, -0.2) is 4.98 Å². The molecule has 1 aliphatic heterocycles. The highest BCUT2D eigenvalue weighted by Crippen LogP contribution is 2.45. The molecule has 1 aliphatic carbocycles. The van der Waals surface area contributed by atoms with Crippen molar-refractivity contribution in [3.8, 4) is 5.88 Å². The summed E-state index contributed by atoms with van der Waals surface area (Å²) in [5.74, 6) is 1.70. The van der Waals surface area contributed by atoms with E-state index in [9.17, 15) is 0 Å². The molecule has 1 saturated heterocycles. The van der Waals surface area contributed by atoms with E-state index in [0.717, 1.165) is 31.2 Å². The van der Waals surface area contributed by atoms with Crippen LogP contribution in [0.4, 0.5) is 0 Å². The summed E-state index contributed by atoms with van der Waals surface area (Å²) in [6.45, 7) is 7.04. The Morgan fingerprint density at radius 1 is 1.33 bits per heavy atom. The van der Waals surface area contributed by atoms with E-state index < -0.39 is 0 Å². The topological polar surface area (TPSA) is 49.8 Å². The zero-order valence-electron chi connectivity index (χ0n) is 15.2. The predicted octanol–water partition coefficient (Wildman–Crippen LogP) is 3.21. The Kier molecular flexibility index (Phi) is 5.27. The molecule has 24 heavy (non-hydrogen) atoms. The van der Waals surface area contributed by atoms with Gasteiger partial charge in [0.1, 0.15) is 0 Å². The normalized spacial score (nSPS) is 20.2. The maximum Gasteiger partial charge on any atom is 0.213 e. The van der Waals surface area contributed by atoms with Gasteiger partial charge in [0.05, 0.1) is 6.10 Å². The lowest BCUT2D eigenvalue weighted by atomic mass is 9.86. The molecule has 5 heteroatoms. The monoisotopic (exact) mass is 330 g/mol. The van der Waals surface area contributed by atoms with E-state index in [4.69, 9.17) is 4.74 Å². The molecular weight excluding hydrogens is 300 g/mol. The number of pyridine rings is 1. The smallest absolute Gasteiger partial charge is 0.213 e. The summed E-state index contributed by atoms with van der Waals surface area (Å²) in [6, 6.07) is 4.00. The number of hydrogen-bond acceptors (Lipinski definition) is 3. The Labute approximate surface area is 145 Å². The first-order valence-electron chi connectivity index (χ1n) is 9.17. The molecule has 0 atom stereocenters. The predicted molar refractivity (Wildman–Crippen MR) is 97.3 cm³/mol. The van der Waals surface area contributed by atoms with E-state index in [0.29, 0.717) is 11.3 Å². The molecule has 1 aromatic rings. The molecule has 1 saturated carbocycles. The summed E-state index contributed by atoms with van der Waals surface area (Å²) >= 11 is 0. The number of aliphatic imine (C=N–C) groups is 1. The summed E-state index contributed by atoms with van der Waals surface area (Å²) in [5.41, 5.74) is 1.71. The second-order valence-electron chi connectivity index (χ2n) is 7.45. The van der Waals surface area contributed by atoms with E-state index in [1.807, 2.05) is 33.2 Å². The lowest BCUT2D eigenvalue weighted by Crippen LogP contribution is -2.40. The Morgan fingerprint density at radius 2 is 2.12 bits per heavy atom. The molecule has 132 valence electrons. The van der Waals surface area contributed by atoms with Gasteiger partial charge in [0.2, 0.25) is 5.88 Å². The van der Waals surface area contributed by atoms with Crippen LogP contribution in [0.5, 0.6) is 5.88 Å². The summed E-state index contributed by atoms with van der Waals surface area (Å²) < 4.78 is 5.59. The van der Waals surface area contributed by atoms with Crippen molar-refractivity contribution in [3.63, 3.8) is 0 Å². The summed E-state index contributed by atoms with van der Waals surface area (Å²) in [7, 11) is 1.87. The highest BCUT2D eigenvalue weighted by molar-refractivity contribution is 5.80. The number of ether oxygens (including phenoxy) is 1. The van der Waals surface area contributed by atoms with Crippen LogP contribution >= 0.6 is 0 Å². The number of nitrogens with zero attached hydrogens (tertiary/aromatic N) is 3. The van der Waals surface area contributed by atoms with E-state index in [1.54, 1.807) is 0 Å². The molecule has 2 aliphatic rings. The Hall–Kier alpha value is -1.78. The lowest BCUT2D eigenvalue weighted by molar-refractivity contribution is 0.232. The molecule has 0 amide bonds. The number of guanidine groups is 1. The molecule has 0 radical (unpaired) electrons. The molecule has 0 bridgehead atoms. The number of rotatable bonds is 4. The van der Waals surface area contributed by atoms with Crippen molar-refractivity contribution in [2.75, 3.05) is 20.1 Å². The van der Waals surface area contributed by atoms with Gasteiger partial charge in [-0.15, -0.1) is 0 Å². The van der Waals surface area contributed by atoms with E-state index in [-0.39, 0.29) is 6.10 Å². The summed E-state index contributed by atoms with van der Waals surface area (Å²) in [5, 5.41) is 3.49. The van der Waals surface area contributed by atoms with Gasteiger partial charge in [0.25, 0.3) is 0 Å². The summed E-state index contributed by atoms with van der Waals surface area (Å²) in [6.07, 6.45) is 8.92. The van der Waals surface area contributed by atoms with Crippen molar-refractivity contribution < 1.29 is 4.74 Å². The first-order valence-corrected chi connectivity index (χ1v) is 9.17. The quantitative estimate of drug-likeness (QED) is 0.680. The van der Waals surface area contributed by atoms with Gasteiger partial charge >= 0.3 is 0 Å². The Morgan fingerprint density at radius 3 is 2.75 bits per heavy atom. The van der Waals surface area contributed by atoms with Crippen molar-refractivity contribution in [2.24, 2.45) is 10.4 Å². The van der Waals surface area contributed by atoms with Gasteiger partial charge < -0.3 is 15.0 Å². The zero-order chi connectivity index (χ0) is 17.0. The molecule has 1 N–H and O–H groups in total. The number of nitrogens with one attached hydrogen (secondary N) is 1. The van der Waals surface area contributed by atoms with Crippen LogP contribution in [0.2, 0.25) is 0 Å². The second kappa shape index (κ2) is 7.41. The van der Waals surface area contributed by atoms with E-state index in [2.05, 4.69) is 26.3 Å². The average molecular weight is 330 g/mol. The van der Waals surface area contributed by atoms with Crippen LogP contribution in [0.25, 0.3) is 0 Å². The molecule has 5 nitrogen and oxygen atoms in total. The molecule has 3 rings (SSSR count). The maximum absolute atomic E-state index is 5.59. The standard InChI is InChI=1S/C19H30N4O/c1-15(2)24-17-7-6-16(12-21-17)13-22-18(20-3)23-11-10-19(14-23)8-4-5-9-19/h6-7,12,15H,4-5,8-11,13-14H2,1-3H3,(H,20,22). The van der Waals surface area contributed by atoms with Crippen LogP contribution < -0.4 is 10.1 Å². The van der Waals surface area contributed by atoms with E-state index in [1.165, 1.54) is 32.1 Å². The highest BCUT2D eigenvalue weighted by Gasteiger charge is 2.40. The van der Waals surface area contributed by atoms with Gasteiger partial charge in [0, 0.05) is 38.9 Å². The largest absolute Gasteiger partial charge is 0.475 e. The molecule has 2 heterocycles. The van der Waals surface area contributed by atoms with Crippen LogP contribution in [0, 0.1) is 5.41 Å². The van der Waals surface area contributed by atoms with Crippen molar-refractivity contribution >= 4 is 5.96 Å². The van der Waals surface area contributed by atoms with Crippen LogP contribution in [-0.4, -0.2) is 42.1 Å². The fourth-order valence-corrected chi connectivity index (χ4v) is 3.99. The van der Waals surface area contributed by atoms with Crippen LogP contribution in [0.15, 0.2) is 23.3 Å². The Bertz CT molecular complexity index is 561. The second-order valence-corrected chi connectivity index (χ2v) is 7.45. The first kappa shape index (κ1) is 17.1. The van der Waals surface area contributed by atoms with Gasteiger partial charge in [-0.3, -0.25) is 4.99 Å². The van der Waals surface area contributed by atoms with Gasteiger partial charge in [-0.05, 0) is 44.1 Å². The summed E-state index contributed by atoms with van der Waals surface area (Å²) in [4.78, 5) is 11.3. The Balaban J connectivity index is 1.53. The molecule has 0 aromatic carbocycles. The van der Waals surface area contributed by atoms with Gasteiger partial charge in [-0.1, -0.05) is 18.9 Å².